The van der Waals surface area contributed by atoms with Gasteiger partial charge in [-0.3, -0.25) is 4.79 Å². The Hall–Kier alpha value is -2.86. The molecule has 2 saturated heterocycles. The SMILES string of the molecule is Cc1c(-c2ccc3c(c2)CCC2(CCN(C(=O)[C@H]4CCCO4)CC2)O3)ccc2nccn12. The lowest BCUT2D eigenvalue weighted by Crippen LogP contribution is -2.52. The van der Waals surface area contributed by atoms with Crippen LogP contribution in [0.4, 0.5) is 0 Å². The molecule has 1 spiro atoms. The molecule has 1 atom stereocenters. The molecule has 0 N–H and O–H groups in total. The second-order valence-electron chi connectivity index (χ2n) is 9.42. The van der Waals surface area contributed by atoms with E-state index in [1.54, 1.807) is 0 Å². The first-order valence-electron chi connectivity index (χ1n) is 11.8. The van der Waals surface area contributed by atoms with Crippen LogP contribution in [-0.2, 0) is 16.0 Å². The van der Waals surface area contributed by atoms with Gasteiger partial charge >= 0.3 is 0 Å². The topological polar surface area (TPSA) is 56.1 Å². The zero-order chi connectivity index (χ0) is 21.7. The molecule has 0 unspecified atom stereocenters. The molecule has 6 rings (SSSR count). The maximum absolute atomic E-state index is 12.7. The van der Waals surface area contributed by atoms with Crippen molar-refractivity contribution in [3.63, 3.8) is 0 Å². The van der Waals surface area contributed by atoms with Gasteiger partial charge in [-0.05, 0) is 68.0 Å². The summed E-state index contributed by atoms with van der Waals surface area (Å²) in [6, 6.07) is 10.8. The Morgan fingerprint density at radius 2 is 2.03 bits per heavy atom. The number of carbonyl (C=O) groups excluding carboxylic acids is 1. The van der Waals surface area contributed by atoms with E-state index in [1.165, 1.54) is 22.4 Å². The number of piperidine rings is 1. The average Bonchev–Trinajstić information content (AvgIpc) is 3.52. The van der Waals surface area contributed by atoms with E-state index in [-0.39, 0.29) is 17.6 Å². The molecule has 3 aliphatic heterocycles. The van der Waals surface area contributed by atoms with Gasteiger partial charge in [0.2, 0.25) is 0 Å². The number of ether oxygens (including phenoxy) is 2. The van der Waals surface area contributed by atoms with Crippen molar-refractivity contribution in [2.24, 2.45) is 0 Å². The molecule has 166 valence electrons. The molecule has 3 aromatic rings. The number of rotatable bonds is 2. The number of nitrogens with zero attached hydrogens (tertiary/aromatic N) is 3. The lowest BCUT2D eigenvalue weighted by molar-refractivity contribution is -0.144. The van der Waals surface area contributed by atoms with Crippen LogP contribution in [0.25, 0.3) is 16.8 Å². The highest BCUT2D eigenvalue weighted by molar-refractivity contribution is 5.81. The van der Waals surface area contributed by atoms with Gasteiger partial charge in [-0.25, -0.2) is 4.98 Å². The fourth-order valence-electron chi connectivity index (χ4n) is 5.59. The Kier molecular flexibility index (Phi) is 4.72. The van der Waals surface area contributed by atoms with Gasteiger partial charge in [0.1, 0.15) is 23.1 Å². The molecule has 6 heteroatoms. The van der Waals surface area contributed by atoms with E-state index in [0.717, 1.165) is 63.0 Å². The Morgan fingerprint density at radius 3 is 2.84 bits per heavy atom. The standard InChI is InChI=1S/C26H29N3O3/c1-18-21(5-7-24-27-12-15-29(18)24)19-4-6-22-20(17-19)8-9-26(32-22)10-13-28(14-11-26)25(30)23-3-2-16-31-23/h4-7,12,15,17,23H,2-3,8-11,13-14,16H2,1H3/t23-/m1/s1. The van der Waals surface area contributed by atoms with Crippen LogP contribution in [0.1, 0.15) is 43.4 Å². The Bertz CT molecular complexity index is 1170. The van der Waals surface area contributed by atoms with Crippen molar-refractivity contribution in [3.05, 3.63) is 54.0 Å². The highest BCUT2D eigenvalue weighted by Crippen LogP contribution is 2.41. The number of aryl methyl sites for hydroxylation is 2. The number of hydrogen-bond donors (Lipinski definition) is 0. The number of aromatic nitrogens is 2. The summed E-state index contributed by atoms with van der Waals surface area (Å²) in [5, 5.41) is 0. The Morgan fingerprint density at radius 1 is 1.16 bits per heavy atom. The first kappa shape index (κ1) is 19.8. The smallest absolute Gasteiger partial charge is 0.251 e. The zero-order valence-electron chi connectivity index (χ0n) is 18.5. The molecule has 1 aromatic carbocycles. The molecule has 0 saturated carbocycles. The molecule has 2 fully saturated rings. The molecular formula is C26H29N3O3. The van der Waals surface area contributed by atoms with E-state index >= 15 is 0 Å². The fraction of sp³-hybridized carbons (Fsp3) is 0.462. The average molecular weight is 432 g/mol. The van der Waals surface area contributed by atoms with Crippen molar-refractivity contribution in [2.75, 3.05) is 19.7 Å². The molecule has 1 amide bonds. The van der Waals surface area contributed by atoms with Gasteiger partial charge in [0.25, 0.3) is 5.91 Å². The summed E-state index contributed by atoms with van der Waals surface area (Å²) in [6.45, 7) is 4.37. The number of amides is 1. The molecular weight excluding hydrogens is 402 g/mol. The molecule has 2 aromatic heterocycles. The largest absolute Gasteiger partial charge is 0.487 e. The minimum Gasteiger partial charge on any atom is -0.487 e. The van der Waals surface area contributed by atoms with Crippen LogP contribution in [0.3, 0.4) is 0 Å². The maximum atomic E-state index is 12.7. The van der Waals surface area contributed by atoms with Crippen molar-refractivity contribution >= 4 is 11.6 Å². The van der Waals surface area contributed by atoms with Gasteiger partial charge < -0.3 is 18.8 Å². The van der Waals surface area contributed by atoms with Gasteiger partial charge in [-0.15, -0.1) is 0 Å². The summed E-state index contributed by atoms with van der Waals surface area (Å²) in [5.74, 6) is 1.17. The summed E-state index contributed by atoms with van der Waals surface area (Å²) in [5.41, 5.74) is 5.73. The van der Waals surface area contributed by atoms with Crippen molar-refractivity contribution in [3.8, 4) is 16.9 Å². The first-order valence-corrected chi connectivity index (χ1v) is 11.8. The number of likely N-dealkylation sites (tertiary alicyclic amines) is 1. The third-order valence-corrected chi connectivity index (χ3v) is 7.56. The number of imidazole rings is 1. The van der Waals surface area contributed by atoms with Gasteiger partial charge in [0, 0.05) is 56.2 Å². The zero-order valence-corrected chi connectivity index (χ0v) is 18.5. The van der Waals surface area contributed by atoms with Gasteiger partial charge in [-0.2, -0.15) is 0 Å². The summed E-state index contributed by atoms with van der Waals surface area (Å²) in [4.78, 5) is 19.1. The fourth-order valence-corrected chi connectivity index (χ4v) is 5.59. The van der Waals surface area contributed by atoms with Gasteiger partial charge in [0.15, 0.2) is 0 Å². The highest BCUT2D eigenvalue weighted by atomic mass is 16.5. The van der Waals surface area contributed by atoms with Crippen molar-refractivity contribution in [1.29, 1.82) is 0 Å². The first-order chi connectivity index (χ1) is 15.6. The molecule has 6 nitrogen and oxygen atoms in total. The van der Waals surface area contributed by atoms with E-state index in [9.17, 15) is 4.79 Å². The van der Waals surface area contributed by atoms with E-state index in [1.807, 2.05) is 17.3 Å². The van der Waals surface area contributed by atoms with Crippen molar-refractivity contribution in [2.45, 2.75) is 57.2 Å². The molecule has 5 heterocycles. The summed E-state index contributed by atoms with van der Waals surface area (Å²) < 4.78 is 14.3. The second-order valence-corrected chi connectivity index (χ2v) is 9.42. The minimum absolute atomic E-state index is 0.145. The van der Waals surface area contributed by atoms with E-state index in [0.29, 0.717) is 6.61 Å². The van der Waals surface area contributed by atoms with Crippen LogP contribution in [0.5, 0.6) is 5.75 Å². The predicted octanol–water partition coefficient (Wildman–Crippen LogP) is 4.17. The lowest BCUT2D eigenvalue weighted by Gasteiger charge is -2.45. The Labute approximate surface area is 188 Å². The molecule has 0 radical (unpaired) electrons. The predicted molar refractivity (Wildman–Crippen MR) is 122 cm³/mol. The van der Waals surface area contributed by atoms with E-state index in [2.05, 4.69) is 46.6 Å². The molecule has 0 aliphatic carbocycles. The van der Waals surface area contributed by atoms with E-state index < -0.39 is 0 Å². The maximum Gasteiger partial charge on any atom is 0.251 e. The lowest BCUT2D eigenvalue weighted by atomic mass is 9.82. The Balaban J connectivity index is 1.18. The number of fused-ring (bicyclic) bond motifs is 2. The minimum atomic E-state index is -0.222. The summed E-state index contributed by atoms with van der Waals surface area (Å²) in [6.07, 6.45) is 9.28. The molecule has 0 bridgehead atoms. The van der Waals surface area contributed by atoms with Crippen LogP contribution in [0.15, 0.2) is 42.7 Å². The molecule has 32 heavy (non-hydrogen) atoms. The number of hydrogen-bond acceptors (Lipinski definition) is 4. The molecule has 3 aliphatic rings. The number of carbonyl (C=O) groups is 1. The van der Waals surface area contributed by atoms with Crippen LogP contribution >= 0.6 is 0 Å². The third kappa shape index (κ3) is 3.28. The quantitative estimate of drug-likeness (QED) is 0.611. The summed E-state index contributed by atoms with van der Waals surface area (Å²) >= 11 is 0. The van der Waals surface area contributed by atoms with Crippen molar-refractivity contribution in [1.82, 2.24) is 14.3 Å². The van der Waals surface area contributed by atoms with Crippen LogP contribution in [0, 0.1) is 6.92 Å². The summed E-state index contributed by atoms with van der Waals surface area (Å²) in [7, 11) is 0. The number of pyridine rings is 1. The monoisotopic (exact) mass is 431 g/mol. The second kappa shape index (κ2) is 7.62. The van der Waals surface area contributed by atoms with Gasteiger partial charge in [0.05, 0.1) is 0 Å². The normalized spacial score (nSPS) is 22.2. The highest BCUT2D eigenvalue weighted by Gasteiger charge is 2.41. The number of benzene rings is 1. The van der Waals surface area contributed by atoms with Gasteiger partial charge in [-0.1, -0.05) is 6.07 Å². The van der Waals surface area contributed by atoms with E-state index in [4.69, 9.17) is 9.47 Å². The van der Waals surface area contributed by atoms with Crippen LogP contribution < -0.4 is 4.74 Å². The van der Waals surface area contributed by atoms with Crippen LogP contribution in [-0.4, -0.2) is 51.6 Å². The third-order valence-electron chi connectivity index (χ3n) is 7.56. The van der Waals surface area contributed by atoms with Crippen LogP contribution in [0.2, 0.25) is 0 Å². The van der Waals surface area contributed by atoms with Crippen molar-refractivity contribution < 1.29 is 14.3 Å².